The summed E-state index contributed by atoms with van der Waals surface area (Å²) in [4.78, 5) is 13.0. The second-order valence-corrected chi connectivity index (χ2v) is 3.59. The minimum absolute atomic E-state index is 0.0559. The van der Waals surface area contributed by atoms with Gasteiger partial charge in [-0.15, -0.1) is 0 Å². The number of carbonyl (C=O) groups excluding carboxylic acids is 1. The number of amides is 1. The summed E-state index contributed by atoms with van der Waals surface area (Å²) in [5.74, 6) is 0.0559. The fourth-order valence-electron chi connectivity index (χ4n) is 1.27. The summed E-state index contributed by atoms with van der Waals surface area (Å²) in [6, 6.07) is 0. The quantitative estimate of drug-likeness (QED) is 0.537. The van der Waals surface area contributed by atoms with Gasteiger partial charge in [-0.2, -0.15) is 0 Å². The Bertz CT molecular complexity index is 176. The minimum atomic E-state index is -0.603. The molecule has 0 fully saturated rings. The Labute approximate surface area is 91.4 Å². The summed E-state index contributed by atoms with van der Waals surface area (Å²) in [6.45, 7) is 1.42. The fourth-order valence-corrected chi connectivity index (χ4v) is 1.27. The van der Waals surface area contributed by atoms with Gasteiger partial charge in [-0.1, -0.05) is 0 Å². The lowest BCUT2D eigenvalue weighted by Crippen LogP contribution is -2.36. The van der Waals surface area contributed by atoms with E-state index in [1.54, 1.807) is 11.9 Å². The van der Waals surface area contributed by atoms with Gasteiger partial charge in [0.1, 0.15) is 0 Å². The zero-order valence-electron chi connectivity index (χ0n) is 9.82. The third kappa shape index (κ3) is 7.30. The van der Waals surface area contributed by atoms with Crippen LogP contribution in [-0.2, 0) is 9.53 Å². The molecule has 0 aliphatic rings. The topological polar surface area (TPSA) is 61.8 Å². The van der Waals surface area contributed by atoms with E-state index in [2.05, 4.69) is 5.32 Å². The van der Waals surface area contributed by atoms with Gasteiger partial charge in [0.15, 0.2) is 0 Å². The Kier molecular flexibility index (Phi) is 8.27. The zero-order chi connectivity index (χ0) is 11.7. The first-order valence-corrected chi connectivity index (χ1v) is 5.17. The molecule has 0 bridgehead atoms. The minimum Gasteiger partial charge on any atom is -0.389 e. The van der Waals surface area contributed by atoms with Crippen molar-refractivity contribution in [2.45, 2.75) is 18.9 Å². The molecular formula is C10H22N2O3. The molecule has 0 rings (SSSR count). The highest BCUT2D eigenvalue weighted by Gasteiger charge is 2.12. The molecule has 2 N–H and O–H groups in total. The molecule has 0 aromatic rings. The van der Waals surface area contributed by atoms with Crippen LogP contribution in [0.15, 0.2) is 0 Å². The smallest absolute Gasteiger partial charge is 0.222 e. The second kappa shape index (κ2) is 8.64. The van der Waals surface area contributed by atoms with Crippen LogP contribution in [0.5, 0.6) is 0 Å². The van der Waals surface area contributed by atoms with E-state index in [9.17, 15) is 9.90 Å². The Morgan fingerprint density at radius 1 is 1.60 bits per heavy atom. The van der Waals surface area contributed by atoms with Crippen LogP contribution in [0, 0.1) is 0 Å². The van der Waals surface area contributed by atoms with Crippen molar-refractivity contribution in [3.8, 4) is 0 Å². The van der Waals surface area contributed by atoms with Gasteiger partial charge in [0.25, 0.3) is 0 Å². The number of carbonyl (C=O) groups is 1. The van der Waals surface area contributed by atoms with Crippen LogP contribution in [0.25, 0.3) is 0 Å². The van der Waals surface area contributed by atoms with Crippen LogP contribution in [0.3, 0.4) is 0 Å². The Hall–Kier alpha value is -0.650. The standard InChI is InChI=1S/C10H22N2O3/c1-11-6-4-5-10(14)12(2)7-9(13)8-15-3/h9,11,13H,4-8H2,1-3H3. The summed E-state index contributed by atoms with van der Waals surface area (Å²) in [6.07, 6.45) is 0.727. The molecule has 0 saturated carbocycles. The SMILES string of the molecule is CNCCCC(=O)N(C)CC(O)COC. The maximum atomic E-state index is 11.5. The Balaban J connectivity index is 3.68. The van der Waals surface area contributed by atoms with Gasteiger partial charge < -0.3 is 20.1 Å². The largest absolute Gasteiger partial charge is 0.389 e. The summed E-state index contributed by atoms with van der Waals surface area (Å²) < 4.78 is 4.78. The molecule has 0 spiro atoms. The van der Waals surface area contributed by atoms with Gasteiger partial charge in [0, 0.05) is 27.1 Å². The predicted octanol–water partition coefficient (Wildman–Crippen LogP) is -0.548. The molecule has 0 saturated heterocycles. The zero-order valence-corrected chi connectivity index (χ0v) is 9.82. The molecule has 90 valence electrons. The average Bonchev–Trinajstić information content (AvgIpc) is 2.18. The van der Waals surface area contributed by atoms with Crippen molar-refractivity contribution in [2.24, 2.45) is 0 Å². The van der Waals surface area contributed by atoms with Crippen molar-refractivity contribution < 1.29 is 14.6 Å². The lowest BCUT2D eigenvalue weighted by atomic mass is 10.2. The van der Waals surface area contributed by atoms with Crippen LogP contribution in [0.1, 0.15) is 12.8 Å². The molecule has 1 unspecified atom stereocenters. The molecule has 5 nitrogen and oxygen atoms in total. The van der Waals surface area contributed by atoms with E-state index < -0.39 is 6.10 Å². The monoisotopic (exact) mass is 218 g/mol. The number of likely N-dealkylation sites (N-methyl/N-ethyl adjacent to an activating group) is 1. The molecule has 0 heterocycles. The maximum Gasteiger partial charge on any atom is 0.222 e. The normalized spacial score (nSPS) is 12.5. The molecule has 1 atom stereocenters. The predicted molar refractivity (Wildman–Crippen MR) is 58.7 cm³/mol. The van der Waals surface area contributed by atoms with Crippen molar-refractivity contribution in [3.63, 3.8) is 0 Å². The summed E-state index contributed by atoms with van der Waals surface area (Å²) in [7, 11) is 5.08. The summed E-state index contributed by atoms with van der Waals surface area (Å²) in [5, 5.41) is 12.4. The van der Waals surface area contributed by atoms with Gasteiger partial charge in [0.05, 0.1) is 12.7 Å². The molecule has 0 radical (unpaired) electrons. The third-order valence-corrected chi connectivity index (χ3v) is 2.09. The third-order valence-electron chi connectivity index (χ3n) is 2.09. The molecular weight excluding hydrogens is 196 g/mol. The van der Waals surface area contributed by atoms with Crippen LogP contribution in [0.4, 0.5) is 0 Å². The molecule has 0 aliphatic carbocycles. The van der Waals surface area contributed by atoms with E-state index in [0.29, 0.717) is 13.0 Å². The first-order chi connectivity index (χ1) is 7.11. The van der Waals surface area contributed by atoms with E-state index in [-0.39, 0.29) is 12.5 Å². The highest BCUT2D eigenvalue weighted by Crippen LogP contribution is 1.97. The van der Waals surface area contributed by atoms with Crippen LogP contribution >= 0.6 is 0 Å². The molecule has 1 amide bonds. The summed E-state index contributed by atoms with van der Waals surface area (Å²) >= 11 is 0. The lowest BCUT2D eigenvalue weighted by Gasteiger charge is -2.20. The molecule has 0 aromatic carbocycles. The van der Waals surface area contributed by atoms with Gasteiger partial charge in [0.2, 0.25) is 5.91 Å². The van der Waals surface area contributed by atoms with Crippen LogP contribution < -0.4 is 5.32 Å². The number of hydrogen-bond donors (Lipinski definition) is 2. The van der Waals surface area contributed by atoms with Crippen LogP contribution in [0.2, 0.25) is 0 Å². The lowest BCUT2D eigenvalue weighted by molar-refractivity contribution is -0.131. The highest BCUT2D eigenvalue weighted by molar-refractivity contribution is 5.75. The Morgan fingerprint density at radius 3 is 2.80 bits per heavy atom. The number of nitrogens with zero attached hydrogens (tertiary/aromatic N) is 1. The van der Waals surface area contributed by atoms with Gasteiger partial charge in [-0.3, -0.25) is 4.79 Å². The number of hydrogen-bond acceptors (Lipinski definition) is 4. The number of rotatable bonds is 8. The van der Waals surface area contributed by atoms with Crippen molar-refractivity contribution in [2.75, 3.05) is 40.9 Å². The van der Waals surface area contributed by atoms with Gasteiger partial charge >= 0.3 is 0 Å². The van der Waals surface area contributed by atoms with Crippen molar-refractivity contribution in [1.29, 1.82) is 0 Å². The van der Waals surface area contributed by atoms with Gasteiger partial charge in [-0.25, -0.2) is 0 Å². The van der Waals surface area contributed by atoms with E-state index in [1.165, 1.54) is 7.11 Å². The second-order valence-electron chi connectivity index (χ2n) is 3.59. The number of nitrogens with one attached hydrogen (secondary N) is 1. The van der Waals surface area contributed by atoms with E-state index in [4.69, 9.17) is 4.74 Å². The van der Waals surface area contributed by atoms with Gasteiger partial charge in [-0.05, 0) is 20.0 Å². The van der Waals surface area contributed by atoms with E-state index >= 15 is 0 Å². The van der Waals surface area contributed by atoms with Crippen molar-refractivity contribution >= 4 is 5.91 Å². The molecule has 15 heavy (non-hydrogen) atoms. The van der Waals surface area contributed by atoms with Crippen molar-refractivity contribution in [1.82, 2.24) is 10.2 Å². The number of ether oxygens (including phenoxy) is 1. The molecule has 0 aliphatic heterocycles. The van der Waals surface area contributed by atoms with E-state index in [1.807, 2.05) is 7.05 Å². The number of methoxy groups -OCH3 is 1. The summed E-state index contributed by atoms with van der Waals surface area (Å²) in [5.41, 5.74) is 0. The first kappa shape index (κ1) is 14.3. The average molecular weight is 218 g/mol. The molecule has 5 heteroatoms. The fraction of sp³-hybridized carbons (Fsp3) is 0.900. The number of aliphatic hydroxyl groups is 1. The molecule has 0 aromatic heterocycles. The van der Waals surface area contributed by atoms with E-state index in [0.717, 1.165) is 13.0 Å². The van der Waals surface area contributed by atoms with Crippen LogP contribution in [-0.4, -0.2) is 62.9 Å². The van der Waals surface area contributed by atoms with Crippen molar-refractivity contribution in [3.05, 3.63) is 0 Å². The maximum absolute atomic E-state index is 11.5. The Morgan fingerprint density at radius 2 is 2.27 bits per heavy atom. The number of aliphatic hydroxyl groups excluding tert-OH is 1. The first-order valence-electron chi connectivity index (χ1n) is 5.17. The highest BCUT2D eigenvalue weighted by atomic mass is 16.5.